The molecule has 72 valence electrons. The fraction of sp³-hybridized carbons (Fsp3) is 0.750. The molecule has 1 aliphatic heterocycles. The molecule has 0 saturated carbocycles. The van der Waals surface area contributed by atoms with Gasteiger partial charge in [0.05, 0.1) is 5.21 Å². The summed E-state index contributed by atoms with van der Waals surface area (Å²) in [5, 5.41) is 9.82. The minimum absolute atomic E-state index is 0.554. The Morgan fingerprint density at radius 1 is 1.31 bits per heavy atom. The number of hydrogen-bond donors (Lipinski definition) is 0. The summed E-state index contributed by atoms with van der Waals surface area (Å²) in [5.74, 6) is 1.13. The third-order valence-electron chi connectivity index (χ3n) is 2.26. The van der Waals surface area contributed by atoms with E-state index in [0.717, 1.165) is 23.9 Å². The quantitative estimate of drug-likeness (QED) is 0.563. The number of fused-ring (bicyclic) bond motifs is 1. The Hall–Kier alpha value is -0.220. The van der Waals surface area contributed by atoms with Crippen molar-refractivity contribution in [2.45, 2.75) is 37.4 Å². The minimum atomic E-state index is 0.554. The molecule has 0 N–H and O–H groups in total. The molecule has 0 unspecified atom stereocenters. The van der Waals surface area contributed by atoms with Crippen LogP contribution in [-0.4, -0.2) is 20.0 Å². The predicted octanol–water partition coefficient (Wildman–Crippen LogP) is 2.29. The van der Waals surface area contributed by atoms with E-state index in [9.17, 15) is 0 Å². The standard InChI is InChI=1S/C8H12ClN3S/c9-6-13-8-11-10-7-4-2-1-3-5-12(7)8/h1-6H2. The number of aryl methyl sites for hydroxylation is 1. The van der Waals surface area contributed by atoms with Gasteiger partial charge in [0.2, 0.25) is 0 Å². The molecule has 0 aromatic carbocycles. The molecule has 1 aliphatic rings. The van der Waals surface area contributed by atoms with Gasteiger partial charge in [-0.3, -0.25) is 0 Å². The molecule has 2 rings (SSSR count). The highest BCUT2D eigenvalue weighted by atomic mass is 35.5. The third kappa shape index (κ3) is 1.99. The maximum absolute atomic E-state index is 5.66. The van der Waals surface area contributed by atoms with Gasteiger partial charge in [0.25, 0.3) is 0 Å². The van der Waals surface area contributed by atoms with Gasteiger partial charge in [-0.25, -0.2) is 0 Å². The molecule has 0 atom stereocenters. The van der Waals surface area contributed by atoms with Crippen LogP contribution in [0, 0.1) is 0 Å². The van der Waals surface area contributed by atoms with E-state index in [1.807, 2.05) is 0 Å². The van der Waals surface area contributed by atoms with Gasteiger partial charge in [-0.05, 0) is 12.8 Å². The Bertz CT molecular complexity index is 287. The van der Waals surface area contributed by atoms with Crippen LogP contribution in [0.15, 0.2) is 5.16 Å². The summed E-state index contributed by atoms with van der Waals surface area (Å²) in [6.45, 7) is 1.06. The van der Waals surface area contributed by atoms with Crippen molar-refractivity contribution in [1.82, 2.24) is 14.8 Å². The summed E-state index contributed by atoms with van der Waals surface area (Å²) < 4.78 is 2.21. The maximum atomic E-state index is 5.66. The van der Waals surface area contributed by atoms with Crippen molar-refractivity contribution in [3.63, 3.8) is 0 Å². The Morgan fingerprint density at radius 3 is 3.08 bits per heavy atom. The lowest BCUT2D eigenvalue weighted by molar-refractivity contribution is 0.591. The highest BCUT2D eigenvalue weighted by molar-refractivity contribution is 8.00. The molecular weight excluding hydrogens is 206 g/mol. The molecule has 0 amide bonds. The van der Waals surface area contributed by atoms with Gasteiger partial charge in [-0.1, -0.05) is 18.2 Å². The number of alkyl halides is 1. The molecule has 5 heteroatoms. The first kappa shape index (κ1) is 9.34. The van der Waals surface area contributed by atoms with Crippen LogP contribution in [0.3, 0.4) is 0 Å². The smallest absolute Gasteiger partial charge is 0.192 e. The average molecular weight is 218 g/mol. The van der Waals surface area contributed by atoms with E-state index in [0.29, 0.717) is 5.21 Å². The van der Waals surface area contributed by atoms with Crippen LogP contribution in [0.25, 0.3) is 0 Å². The van der Waals surface area contributed by atoms with Crippen LogP contribution in [0.2, 0.25) is 0 Å². The Balaban J connectivity index is 2.23. The zero-order chi connectivity index (χ0) is 9.10. The van der Waals surface area contributed by atoms with E-state index in [-0.39, 0.29) is 0 Å². The molecule has 0 fully saturated rings. The monoisotopic (exact) mass is 217 g/mol. The van der Waals surface area contributed by atoms with E-state index in [2.05, 4.69) is 14.8 Å². The second-order valence-corrected chi connectivity index (χ2v) is 4.64. The normalized spacial score (nSPS) is 16.7. The van der Waals surface area contributed by atoms with Crippen LogP contribution >= 0.6 is 23.4 Å². The summed E-state index contributed by atoms with van der Waals surface area (Å²) in [4.78, 5) is 0. The number of thioether (sulfide) groups is 1. The average Bonchev–Trinajstić information content (AvgIpc) is 2.38. The van der Waals surface area contributed by atoms with E-state index in [1.165, 1.54) is 19.3 Å². The van der Waals surface area contributed by atoms with Gasteiger partial charge in [-0.2, -0.15) is 0 Å². The lowest BCUT2D eigenvalue weighted by Crippen LogP contribution is -2.01. The second kappa shape index (κ2) is 4.33. The molecule has 0 radical (unpaired) electrons. The fourth-order valence-corrected chi connectivity index (χ4v) is 2.46. The summed E-state index contributed by atoms with van der Waals surface area (Å²) in [5.41, 5.74) is 0. The number of nitrogens with zero attached hydrogens (tertiary/aromatic N) is 3. The van der Waals surface area contributed by atoms with E-state index in [4.69, 9.17) is 11.6 Å². The van der Waals surface area contributed by atoms with Crippen molar-refractivity contribution < 1.29 is 0 Å². The van der Waals surface area contributed by atoms with E-state index in [1.54, 1.807) is 11.8 Å². The zero-order valence-electron chi connectivity index (χ0n) is 7.37. The molecule has 0 aliphatic carbocycles. The first-order valence-corrected chi connectivity index (χ1v) is 6.04. The van der Waals surface area contributed by atoms with Crippen molar-refractivity contribution in [2.75, 3.05) is 5.21 Å². The summed E-state index contributed by atoms with van der Waals surface area (Å²) in [6.07, 6.45) is 4.84. The van der Waals surface area contributed by atoms with Gasteiger partial charge in [0, 0.05) is 13.0 Å². The van der Waals surface area contributed by atoms with Crippen molar-refractivity contribution in [3.8, 4) is 0 Å². The summed E-state index contributed by atoms with van der Waals surface area (Å²) in [7, 11) is 0. The number of aromatic nitrogens is 3. The first-order chi connectivity index (χ1) is 6.42. The first-order valence-electron chi connectivity index (χ1n) is 4.52. The van der Waals surface area contributed by atoms with E-state index < -0.39 is 0 Å². The Labute approximate surface area is 86.9 Å². The van der Waals surface area contributed by atoms with Gasteiger partial charge < -0.3 is 4.57 Å². The van der Waals surface area contributed by atoms with Crippen molar-refractivity contribution >= 4 is 23.4 Å². The molecule has 3 nitrogen and oxygen atoms in total. The number of halogens is 1. The Kier molecular flexibility index (Phi) is 3.11. The molecule has 1 aromatic rings. The van der Waals surface area contributed by atoms with Crippen molar-refractivity contribution in [2.24, 2.45) is 0 Å². The van der Waals surface area contributed by atoms with Crippen LogP contribution in [0.5, 0.6) is 0 Å². The van der Waals surface area contributed by atoms with Crippen LogP contribution in [-0.2, 0) is 13.0 Å². The summed E-state index contributed by atoms with van der Waals surface area (Å²) >= 11 is 7.22. The second-order valence-electron chi connectivity index (χ2n) is 3.11. The summed E-state index contributed by atoms with van der Waals surface area (Å²) in [6, 6.07) is 0. The third-order valence-corrected chi connectivity index (χ3v) is 3.26. The molecule has 0 spiro atoms. The minimum Gasteiger partial charge on any atom is -0.306 e. The maximum Gasteiger partial charge on any atom is 0.192 e. The topological polar surface area (TPSA) is 30.7 Å². The highest BCUT2D eigenvalue weighted by Crippen LogP contribution is 2.21. The predicted molar refractivity (Wildman–Crippen MR) is 54.2 cm³/mol. The lowest BCUT2D eigenvalue weighted by Gasteiger charge is -2.03. The molecule has 0 saturated heterocycles. The zero-order valence-corrected chi connectivity index (χ0v) is 8.94. The van der Waals surface area contributed by atoms with Crippen molar-refractivity contribution in [1.29, 1.82) is 0 Å². The van der Waals surface area contributed by atoms with Gasteiger partial charge in [-0.15, -0.1) is 21.8 Å². The molecule has 2 heterocycles. The fourth-order valence-electron chi connectivity index (χ4n) is 1.61. The molecule has 0 bridgehead atoms. The van der Waals surface area contributed by atoms with Gasteiger partial charge >= 0.3 is 0 Å². The molecule has 1 aromatic heterocycles. The van der Waals surface area contributed by atoms with E-state index >= 15 is 0 Å². The van der Waals surface area contributed by atoms with Gasteiger partial charge in [0.1, 0.15) is 5.82 Å². The van der Waals surface area contributed by atoms with Crippen LogP contribution < -0.4 is 0 Å². The number of hydrogen-bond acceptors (Lipinski definition) is 3. The number of rotatable bonds is 2. The Morgan fingerprint density at radius 2 is 2.23 bits per heavy atom. The van der Waals surface area contributed by atoms with Crippen molar-refractivity contribution in [3.05, 3.63) is 5.82 Å². The highest BCUT2D eigenvalue weighted by Gasteiger charge is 2.13. The van der Waals surface area contributed by atoms with Gasteiger partial charge in [0.15, 0.2) is 5.16 Å². The largest absolute Gasteiger partial charge is 0.306 e. The SMILES string of the molecule is ClCSc1nnc2n1CCCCC2. The lowest BCUT2D eigenvalue weighted by atomic mass is 10.2. The molecular formula is C8H12ClN3S. The van der Waals surface area contributed by atoms with Crippen LogP contribution in [0.1, 0.15) is 25.1 Å². The van der Waals surface area contributed by atoms with Crippen LogP contribution in [0.4, 0.5) is 0 Å². The molecule has 13 heavy (non-hydrogen) atoms.